The minimum atomic E-state index is -0.0860. The number of aromatic nitrogens is 1. The largest absolute Gasteiger partial charge is 0.494 e. The van der Waals surface area contributed by atoms with Gasteiger partial charge in [-0.05, 0) is 80.6 Å². The Balaban J connectivity index is 1.67. The van der Waals surface area contributed by atoms with E-state index >= 15 is 0 Å². The van der Waals surface area contributed by atoms with Crippen molar-refractivity contribution in [1.29, 1.82) is 5.26 Å². The lowest BCUT2D eigenvalue weighted by molar-refractivity contribution is 0.0987. The Morgan fingerprint density at radius 2 is 1.97 bits per heavy atom. The van der Waals surface area contributed by atoms with Gasteiger partial charge in [0.25, 0.3) is 5.91 Å². The van der Waals surface area contributed by atoms with E-state index in [0.717, 1.165) is 35.2 Å². The molecule has 1 amide bonds. The monoisotopic (exact) mass is 387 g/mol. The van der Waals surface area contributed by atoms with E-state index in [9.17, 15) is 4.79 Å². The zero-order chi connectivity index (χ0) is 20.2. The van der Waals surface area contributed by atoms with Crippen LogP contribution in [0.3, 0.4) is 0 Å². The number of ether oxygens (including phenoxy) is 1. The minimum Gasteiger partial charge on any atom is -0.494 e. The lowest BCUT2D eigenvalue weighted by atomic mass is 9.95. The number of nitrogens with one attached hydrogen (secondary N) is 1. The van der Waals surface area contributed by atoms with Gasteiger partial charge >= 0.3 is 0 Å². The fraction of sp³-hybridized carbons (Fsp3) is 0.333. The van der Waals surface area contributed by atoms with Crippen LogP contribution < -0.4 is 9.64 Å². The second kappa shape index (κ2) is 8.40. The molecule has 4 rings (SSSR count). The van der Waals surface area contributed by atoms with Gasteiger partial charge in [0, 0.05) is 34.4 Å². The van der Waals surface area contributed by atoms with Crippen molar-refractivity contribution in [2.75, 3.05) is 18.1 Å². The van der Waals surface area contributed by atoms with Crippen LogP contribution in [0.1, 0.15) is 47.8 Å². The van der Waals surface area contributed by atoms with Crippen LogP contribution in [0.25, 0.3) is 10.9 Å². The van der Waals surface area contributed by atoms with E-state index in [-0.39, 0.29) is 12.3 Å². The third-order valence-electron chi connectivity index (χ3n) is 5.50. The number of aryl methyl sites for hydroxylation is 2. The Morgan fingerprint density at radius 3 is 2.72 bits per heavy atom. The summed E-state index contributed by atoms with van der Waals surface area (Å²) >= 11 is 0. The Morgan fingerprint density at radius 1 is 1.17 bits per heavy atom. The van der Waals surface area contributed by atoms with E-state index in [2.05, 4.69) is 11.1 Å². The molecule has 1 aliphatic carbocycles. The summed E-state index contributed by atoms with van der Waals surface area (Å²) in [5, 5.41) is 10.2. The van der Waals surface area contributed by atoms with Crippen molar-refractivity contribution in [3.05, 3.63) is 59.3 Å². The number of nitrogens with zero attached hydrogens (tertiary/aromatic N) is 2. The molecule has 0 aliphatic heterocycles. The van der Waals surface area contributed by atoms with E-state index in [1.54, 1.807) is 4.90 Å². The number of aromatic amines is 1. The molecule has 0 fully saturated rings. The predicted molar refractivity (Wildman–Crippen MR) is 114 cm³/mol. The van der Waals surface area contributed by atoms with E-state index in [1.807, 2.05) is 49.4 Å². The third kappa shape index (κ3) is 3.84. The first-order valence-electron chi connectivity index (χ1n) is 10.3. The van der Waals surface area contributed by atoms with E-state index in [4.69, 9.17) is 10.00 Å². The second-order valence-electron chi connectivity index (χ2n) is 7.34. The van der Waals surface area contributed by atoms with Gasteiger partial charge in [-0.1, -0.05) is 0 Å². The highest BCUT2D eigenvalue weighted by Crippen LogP contribution is 2.30. The zero-order valence-corrected chi connectivity index (χ0v) is 16.7. The average Bonchev–Trinajstić information content (AvgIpc) is 3.13. The van der Waals surface area contributed by atoms with E-state index in [1.165, 1.54) is 24.1 Å². The SMILES string of the molecule is CCOc1ccc(N(CCC#N)C(=O)c2ccc3[nH]c4c(c3c2)CCCC4)cc1. The highest BCUT2D eigenvalue weighted by molar-refractivity contribution is 6.08. The number of carbonyl (C=O) groups excluding carboxylic acids is 1. The molecule has 1 aromatic heterocycles. The molecule has 0 saturated carbocycles. The van der Waals surface area contributed by atoms with Gasteiger partial charge in [0.1, 0.15) is 5.75 Å². The number of H-pyrrole nitrogens is 1. The van der Waals surface area contributed by atoms with Gasteiger partial charge in [-0.2, -0.15) is 5.26 Å². The van der Waals surface area contributed by atoms with Gasteiger partial charge in [0.05, 0.1) is 19.1 Å². The lowest BCUT2D eigenvalue weighted by Crippen LogP contribution is -2.31. The first-order chi connectivity index (χ1) is 14.2. The Kier molecular flexibility index (Phi) is 5.53. The van der Waals surface area contributed by atoms with Crippen molar-refractivity contribution in [2.24, 2.45) is 0 Å². The van der Waals surface area contributed by atoms with Crippen molar-refractivity contribution in [2.45, 2.75) is 39.0 Å². The van der Waals surface area contributed by atoms with Crippen LogP contribution >= 0.6 is 0 Å². The number of hydrogen-bond donors (Lipinski definition) is 1. The molecule has 0 atom stereocenters. The number of amides is 1. The Labute approximate surface area is 170 Å². The Bertz CT molecular complexity index is 1060. The van der Waals surface area contributed by atoms with Gasteiger partial charge in [-0.3, -0.25) is 4.79 Å². The lowest BCUT2D eigenvalue weighted by Gasteiger charge is -2.22. The number of anilines is 1. The maximum absolute atomic E-state index is 13.4. The molecule has 1 N–H and O–H groups in total. The van der Waals surface area contributed by atoms with Crippen LogP contribution in [0.4, 0.5) is 5.69 Å². The third-order valence-corrected chi connectivity index (χ3v) is 5.50. The number of rotatable bonds is 6. The molecular weight excluding hydrogens is 362 g/mol. The van der Waals surface area contributed by atoms with Crippen LogP contribution in [0.5, 0.6) is 5.75 Å². The van der Waals surface area contributed by atoms with Crippen LogP contribution in [0.2, 0.25) is 0 Å². The molecule has 29 heavy (non-hydrogen) atoms. The molecule has 3 aromatic rings. The summed E-state index contributed by atoms with van der Waals surface area (Å²) in [6, 6.07) is 15.5. The summed E-state index contributed by atoms with van der Waals surface area (Å²) in [5.74, 6) is 0.682. The van der Waals surface area contributed by atoms with Crippen LogP contribution in [0.15, 0.2) is 42.5 Å². The molecule has 0 bridgehead atoms. The Hall–Kier alpha value is -3.26. The van der Waals surface area contributed by atoms with Gasteiger partial charge in [-0.25, -0.2) is 0 Å². The zero-order valence-electron chi connectivity index (χ0n) is 16.7. The van der Waals surface area contributed by atoms with Crippen molar-refractivity contribution in [1.82, 2.24) is 4.98 Å². The van der Waals surface area contributed by atoms with Gasteiger partial charge < -0.3 is 14.6 Å². The summed E-state index contributed by atoms with van der Waals surface area (Å²) in [6.45, 7) is 2.89. The van der Waals surface area contributed by atoms with Crippen molar-refractivity contribution in [3.63, 3.8) is 0 Å². The van der Waals surface area contributed by atoms with Crippen LogP contribution in [-0.4, -0.2) is 24.0 Å². The van der Waals surface area contributed by atoms with Gasteiger partial charge in [0.15, 0.2) is 0 Å². The first kappa shape index (κ1) is 19.1. The van der Waals surface area contributed by atoms with Crippen LogP contribution in [-0.2, 0) is 12.8 Å². The number of nitriles is 1. The molecule has 1 heterocycles. The number of fused-ring (bicyclic) bond motifs is 3. The number of hydrogen-bond acceptors (Lipinski definition) is 3. The molecule has 0 radical (unpaired) electrons. The highest BCUT2D eigenvalue weighted by Gasteiger charge is 2.21. The van der Waals surface area contributed by atoms with Crippen LogP contribution in [0, 0.1) is 11.3 Å². The number of carbonyl (C=O) groups is 1. The maximum atomic E-state index is 13.4. The summed E-state index contributed by atoms with van der Waals surface area (Å²) in [4.78, 5) is 18.6. The molecule has 5 heteroatoms. The van der Waals surface area contributed by atoms with E-state index < -0.39 is 0 Å². The maximum Gasteiger partial charge on any atom is 0.258 e. The fourth-order valence-electron chi connectivity index (χ4n) is 4.09. The summed E-state index contributed by atoms with van der Waals surface area (Å²) in [6.07, 6.45) is 4.82. The minimum absolute atomic E-state index is 0.0860. The van der Waals surface area contributed by atoms with Crippen molar-refractivity contribution >= 4 is 22.5 Å². The first-order valence-corrected chi connectivity index (χ1v) is 10.3. The second-order valence-corrected chi connectivity index (χ2v) is 7.34. The summed E-state index contributed by atoms with van der Waals surface area (Å²) in [7, 11) is 0. The summed E-state index contributed by atoms with van der Waals surface area (Å²) < 4.78 is 5.50. The molecule has 148 valence electrons. The molecule has 2 aromatic carbocycles. The molecule has 1 aliphatic rings. The topological polar surface area (TPSA) is 69.1 Å². The fourth-order valence-corrected chi connectivity index (χ4v) is 4.09. The average molecular weight is 387 g/mol. The molecule has 5 nitrogen and oxygen atoms in total. The number of benzene rings is 2. The molecule has 0 unspecified atom stereocenters. The smallest absolute Gasteiger partial charge is 0.258 e. The molecule has 0 spiro atoms. The molecule has 0 saturated heterocycles. The quantitative estimate of drug-likeness (QED) is 0.647. The van der Waals surface area contributed by atoms with Gasteiger partial charge in [-0.15, -0.1) is 0 Å². The normalized spacial score (nSPS) is 13.0. The standard InChI is InChI=1S/C24H25N3O2/c1-2-29-19-11-9-18(10-12-19)27(15-5-14-25)24(28)17-8-13-23-21(16-17)20-6-3-4-7-22(20)26-23/h8-13,16,26H,2-7,15H2,1H3. The highest BCUT2D eigenvalue weighted by atomic mass is 16.5. The molecular formula is C24H25N3O2. The summed E-state index contributed by atoms with van der Waals surface area (Å²) in [5.41, 5.74) is 5.17. The van der Waals surface area contributed by atoms with Gasteiger partial charge in [0.2, 0.25) is 0 Å². The van der Waals surface area contributed by atoms with Crippen molar-refractivity contribution < 1.29 is 9.53 Å². The van der Waals surface area contributed by atoms with E-state index in [0.29, 0.717) is 18.7 Å². The predicted octanol–water partition coefficient (Wildman–Crippen LogP) is 5.01. The van der Waals surface area contributed by atoms with Crippen molar-refractivity contribution in [3.8, 4) is 11.8 Å².